The van der Waals surface area contributed by atoms with Gasteiger partial charge in [0.25, 0.3) is 0 Å². The summed E-state index contributed by atoms with van der Waals surface area (Å²) in [6, 6.07) is 122. The summed E-state index contributed by atoms with van der Waals surface area (Å²) in [6.45, 7) is 4.71. The smallest absolute Gasteiger partial charge is 0.237 e. The quantitative estimate of drug-likeness (QED) is 0.134. The van der Waals surface area contributed by atoms with Crippen molar-refractivity contribution in [3.8, 4) is 67.8 Å². The van der Waals surface area contributed by atoms with Crippen LogP contribution < -0.4 is 4.90 Å². The largest absolute Gasteiger partial charge is 0.310 e. The summed E-state index contributed by atoms with van der Waals surface area (Å²) in [5, 5.41) is 10.8. The van der Waals surface area contributed by atoms with Crippen LogP contribution in [0.15, 0.2) is 340 Å². The van der Waals surface area contributed by atoms with Gasteiger partial charge >= 0.3 is 0 Å². The van der Waals surface area contributed by atoms with Gasteiger partial charge in [-0.3, -0.25) is 13.5 Å². The lowest BCUT2D eigenvalue weighted by Gasteiger charge is -2.25. The van der Waals surface area contributed by atoms with Crippen LogP contribution in [0, 0.1) is 0 Å². The van der Waals surface area contributed by atoms with Crippen molar-refractivity contribution in [2.45, 2.75) is 19.3 Å². The number of imidazole rings is 1. The SMILES string of the molecule is CC1(C)c2ccccc2-c2c(-c3cccc4c5ccccc5n5c(nc6c7ccccc7n(-c7nc(-c8cccc(-c9ccc%10c(c9)c9ccccc9n9c%10cc%10c9c9cc(N(c%11ccccc%11)c%11ccccc%11)ccc9n%10-c9nc(-c%10ccccc%10)c%10ccccc%10n9)c8)c8ccccc8n7)c65)c34)cccc21. The molecular formula is C98H62N10. The minimum absolute atomic E-state index is 0.161. The predicted octanol–water partition coefficient (Wildman–Crippen LogP) is 24.7. The highest BCUT2D eigenvalue weighted by atomic mass is 15.2. The van der Waals surface area contributed by atoms with E-state index in [0.29, 0.717) is 11.9 Å². The summed E-state index contributed by atoms with van der Waals surface area (Å²) < 4.78 is 9.41. The van der Waals surface area contributed by atoms with E-state index >= 15 is 0 Å². The molecule has 0 saturated carbocycles. The van der Waals surface area contributed by atoms with Crippen molar-refractivity contribution < 1.29 is 0 Å². The normalized spacial score (nSPS) is 12.8. The van der Waals surface area contributed by atoms with Crippen LogP contribution in [0.2, 0.25) is 0 Å². The first-order chi connectivity index (χ1) is 53.4. The zero-order chi connectivity index (χ0) is 71.0. The van der Waals surface area contributed by atoms with Crippen molar-refractivity contribution >= 4 is 137 Å². The first kappa shape index (κ1) is 60.1. The molecule has 0 fully saturated rings. The summed E-state index contributed by atoms with van der Waals surface area (Å²) in [4.78, 5) is 30.5. The zero-order valence-electron chi connectivity index (χ0n) is 58.8. The molecule has 0 spiro atoms. The number of aromatic nitrogens is 9. The van der Waals surface area contributed by atoms with Crippen LogP contribution in [-0.4, -0.2) is 42.9 Å². The van der Waals surface area contributed by atoms with Crippen molar-refractivity contribution in [3.05, 3.63) is 351 Å². The summed E-state index contributed by atoms with van der Waals surface area (Å²) >= 11 is 0. The molecule has 10 heteroatoms. The van der Waals surface area contributed by atoms with E-state index in [9.17, 15) is 0 Å². The van der Waals surface area contributed by atoms with Gasteiger partial charge in [0, 0.05) is 76.7 Å². The zero-order valence-corrected chi connectivity index (χ0v) is 58.8. The van der Waals surface area contributed by atoms with Gasteiger partial charge in [0.15, 0.2) is 5.65 Å². The number of nitrogens with zero attached hydrogens (tertiary/aromatic N) is 10. The number of fused-ring (bicyclic) bond motifs is 25. The van der Waals surface area contributed by atoms with Gasteiger partial charge in [0.1, 0.15) is 11.2 Å². The molecule has 108 heavy (non-hydrogen) atoms. The van der Waals surface area contributed by atoms with Crippen LogP contribution in [0.4, 0.5) is 17.1 Å². The van der Waals surface area contributed by atoms with Crippen LogP contribution in [0.25, 0.3) is 188 Å². The summed E-state index contributed by atoms with van der Waals surface area (Å²) in [6.07, 6.45) is 0. The fraction of sp³-hybridized carbons (Fsp3) is 0.0306. The second-order valence-electron chi connectivity index (χ2n) is 29.1. The van der Waals surface area contributed by atoms with Crippen LogP contribution in [0.3, 0.4) is 0 Å². The molecule has 0 aliphatic heterocycles. The molecule has 8 heterocycles. The van der Waals surface area contributed by atoms with E-state index in [1.165, 1.54) is 27.8 Å². The Morgan fingerprint density at radius 1 is 0.287 bits per heavy atom. The molecule has 10 nitrogen and oxygen atoms in total. The average molecular weight is 1380 g/mol. The maximum atomic E-state index is 5.83. The summed E-state index contributed by atoms with van der Waals surface area (Å²) in [5.74, 6) is 1.16. The maximum absolute atomic E-state index is 5.83. The molecule has 0 atom stereocenters. The van der Waals surface area contributed by atoms with Gasteiger partial charge in [-0.15, -0.1) is 0 Å². The fourth-order valence-electron chi connectivity index (χ4n) is 18.1. The number of hydrogen-bond acceptors (Lipinski definition) is 6. The van der Waals surface area contributed by atoms with Crippen molar-refractivity contribution in [1.29, 1.82) is 0 Å². The fourth-order valence-corrected chi connectivity index (χ4v) is 18.1. The van der Waals surface area contributed by atoms with Gasteiger partial charge in [-0.2, -0.15) is 0 Å². The molecule has 0 saturated heterocycles. The molecule has 8 aromatic heterocycles. The highest BCUT2D eigenvalue weighted by molar-refractivity contribution is 6.23. The van der Waals surface area contributed by atoms with E-state index in [1.807, 2.05) is 0 Å². The van der Waals surface area contributed by atoms with Gasteiger partial charge in [0.2, 0.25) is 11.9 Å². The Labute approximate surface area is 619 Å². The minimum atomic E-state index is -0.161. The number of anilines is 3. The molecule has 23 rings (SSSR count). The third-order valence-electron chi connectivity index (χ3n) is 22.9. The Kier molecular flexibility index (Phi) is 12.7. The van der Waals surface area contributed by atoms with E-state index < -0.39 is 0 Å². The van der Waals surface area contributed by atoms with E-state index in [0.717, 1.165) is 177 Å². The molecule has 0 bridgehead atoms. The molecular weight excluding hydrogens is 1320 g/mol. The minimum Gasteiger partial charge on any atom is -0.310 e. The summed E-state index contributed by atoms with van der Waals surface area (Å²) in [5.41, 5.74) is 28.1. The van der Waals surface area contributed by atoms with Crippen LogP contribution in [0.1, 0.15) is 25.0 Å². The van der Waals surface area contributed by atoms with Gasteiger partial charge < -0.3 is 9.30 Å². The summed E-state index contributed by atoms with van der Waals surface area (Å²) in [7, 11) is 0. The first-order valence-corrected chi connectivity index (χ1v) is 36.9. The second kappa shape index (κ2) is 22.8. The lowest BCUT2D eigenvalue weighted by atomic mass is 9.82. The van der Waals surface area contributed by atoms with Crippen molar-refractivity contribution in [2.24, 2.45) is 0 Å². The topological polar surface area (TPSA) is 86.4 Å². The van der Waals surface area contributed by atoms with Crippen molar-refractivity contribution in [1.82, 2.24) is 42.9 Å². The maximum Gasteiger partial charge on any atom is 0.237 e. The monoisotopic (exact) mass is 1380 g/mol. The number of rotatable bonds is 9. The highest BCUT2D eigenvalue weighted by Gasteiger charge is 2.37. The van der Waals surface area contributed by atoms with Gasteiger partial charge in [-0.25, -0.2) is 24.9 Å². The lowest BCUT2D eigenvalue weighted by molar-refractivity contribution is 0.660. The van der Waals surface area contributed by atoms with Crippen molar-refractivity contribution in [2.75, 3.05) is 4.90 Å². The Morgan fingerprint density at radius 3 is 1.55 bits per heavy atom. The molecule has 0 amide bonds. The average Bonchev–Trinajstić information content (AvgIpc) is 1.53. The third-order valence-corrected chi connectivity index (χ3v) is 22.9. The highest BCUT2D eigenvalue weighted by Crippen LogP contribution is 2.54. The molecule has 0 radical (unpaired) electrons. The Balaban J connectivity index is 0.715. The number of para-hydroxylation sites is 7. The third kappa shape index (κ3) is 8.62. The Morgan fingerprint density at radius 2 is 0.806 bits per heavy atom. The van der Waals surface area contributed by atoms with E-state index in [1.54, 1.807) is 0 Å². The molecule has 504 valence electrons. The molecule has 22 aromatic rings. The standard InChI is InChI=1S/C98H62N10/c1-98(2)78-44-18-12-37-72(78)88-70(43-26-45-79(88)98)71-42-25-41-69-66-35-15-22-49-83(66)107-94(89(69)71)101-92-75-40-17-23-50-84(75)108(95(92)107)97-100-81-47-20-14-39-74(81)91(103-97)62-30-24-29-60(55-62)61-51-53-68-76(56-61)67-36-16-21-48-82(67)105-86(68)58-87-93(105)77-57-65(104(63-31-8-4-9-32-63)64-33-10-5-11-34-64)52-54-85(77)106(87)96-99-80-46-19-13-38-73(80)90(102-96)59-27-6-3-7-28-59/h3-58H,1-2H3. The molecule has 14 aromatic carbocycles. The first-order valence-electron chi connectivity index (χ1n) is 36.9. The second-order valence-corrected chi connectivity index (χ2v) is 29.1. The molecule has 1 aliphatic rings. The van der Waals surface area contributed by atoms with Gasteiger partial charge in [0.05, 0.1) is 61.0 Å². The molecule has 0 N–H and O–H groups in total. The Bertz CT molecular complexity index is 7550. The molecule has 1 aliphatic carbocycles. The van der Waals surface area contributed by atoms with Crippen LogP contribution in [-0.2, 0) is 5.41 Å². The van der Waals surface area contributed by atoms with Crippen LogP contribution >= 0.6 is 0 Å². The van der Waals surface area contributed by atoms with E-state index in [4.69, 9.17) is 24.9 Å². The molecule has 0 unspecified atom stereocenters. The van der Waals surface area contributed by atoms with E-state index in [-0.39, 0.29) is 5.41 Å². The predicted molar refractivity (Wildman–Crippen MR) is 445 cm³/mol. The number of benzene rings is 14. The van der Waals surface area contributed by atoms with Crippen molar-refractivity contribution in [3.63, 3.8) is 0 Å². The van der Waals surface area contributed by atoms with Gasteiger partial charge in [-0.05, 0) is 146 Å². The van der Waals surface area contributed by atoms with Gasteiger partial charge in [-0.1, -0.05) is 263 Å². The lowest BCUT2D eigenvalue weighted by Crippen LogP contribution is -2.14. The Hall–Kier alpha value is -14.4. The van der Waals surface area contributed by atoms with E-state index in [2.05, 4.69) is 376 Å². The number of hydrogen-bond donors (Lipinski definition) is 0. The van der Waals surface area contributed by atoms with Crippen LogP contribution in [0.5, 0.6) is 0 Å². The number of pyridine rings is 2.